The maximum absolute atomic E-state index is 10.6. The van der Waals surface area contributed by atoms with Crippen molar-refractivity contribution in [2.24, 2.45) is 0 Å². The van der Waals surface area contributed by atoms with E-state index >= 15 is 0 Å². The Bertz CT molecular complexity index is 555. The molecule has 0 saturated carbocycles. The summed E-state index contributed by atoms with van der Waals surface area (Å²) in [5, 5.41) is 21.5. The molecule has 0 atom stereocenters. The minimum absolute atomic E-state index is 0.142. The highest BCUT2D eigenvalue weighted by Crippen LogP contribution is 2.23. The van der Waals surface area contributed by atoms with Gasteiger partial charge in [-0.25, -0.2) is 14.8 Å². The first-order valence-electron chi connectivity index (χ1n) is 7.68. The molecule has 10 heteroatoms. The molecule has 0 radical (unpaired) electrons. The maximum Gasteiger partial charge on any atom is 0.342 e. The van der Waals surface area contributed by atoms with Crippen molar-refractivity contribution in [2.45, 2.75) is 43.5 Å². The molecule has 0 aliphatic carbocycles. The molecule has 3 N–H and O–H groups in total. The molecule has 25 heavy (non-hydrogen) atoms. The zero-order chi connectivity index (χ0) is 19.0. The molecule has 0 bridgehead atoms. The van der Waals surface area contributed by atoms with Crippen LogP contribution in [0.4, 0.5) is 0 Å². The van der Waals surface area contributed by atoms with Crippen LogP contribution in [-0.2, 0) is 4.74 Å². The lowest BCUT2D eigenvalue weighted by Crippen LogP contribution is -2.42. The number of ether oxygens (including phenoxy) is 1. The van der Waals surface area contributed by atoms with Gasteiger partial charge in [0.25, 0.3) is 0 Å². The number of aromatic carboxylic acids is 1. The highest BCUT2D eigenvalue weighted by atomic mass is 35.5. The number of aromatic nitrogens is 2. The van der Waals surface area contributed by atoms with Crippen LogP contribution in [0, 0.1) is 0 Å². The van der Waals surface area contributed by atoms with Crippen molar-refractivity contribution in [2.75, 3.05) is 26.0 Å². The van der Waals surface area contributed by atoms with Crippen molar-refractivity contribution in [1.82, 2.24) is 15.3 Å². The maximum atomic E-state index is 10.6. The molecule has 2 heterocycles. The van der Waals surface area contributed by atoms with E-state index in [2.05, 4.69) is 15.3 Å². The average Bonchev–Trinajstić information content (AvgIpc) is 2.53. The minimum Gasteiger partial charge on any atom is -0.477 e. The highest BCUT2D eigenvalue weighted by Gasteiger charge is 2.18. The number of hydrogen-bond acceptors (Lipinski definition) is 7. The van der Waals surface area contributed by atoms with Crippen LogP contribution in [0.3, 0.4) is 0 Å². The summed E-state index contributed by atoms with van der Waals surface area (Å²) in [6, 6.07) is 0.533. The Labute approximate surface area is 161 Å². The molecule has 1 aromatic heterocycles. The zero-order valence-corrected chi connectivity index (χ0v) is 16.7. The van der Waals surface area contributed by atoms with Crippen LogP contribution in [0.15, 0.2) is 5.16 Å². The third-order valence-corrected chi connectivity index (χ3v) is 4.34. The van der Waals surface area contributed by atoms with E-state index in [9.17, 15) is 9.90 Å². The predicted molar refractivity (Wildman–Crippen MR) is 98.9 cm³/mol. The molecule has 142 valence electrons. The Morgan fingerprint density at radius 3 is 2.24 bits per heavy atom. The van der Waals surface area contributed by atoms with Crippen LogP contribution >= 0.6 is 35.0 Å². The third kappa shape index (κ3) is 8.52. The molecule has 2 rings (SSSR count). The summed E-state index contributed by atoms with van der Waals surface area (Å²) >= 11 is 12.4. The van der Waals surface area contributed by atoms with Crippen molar-refractivity contribution in [3.8, 4) is 0 Å². The summed E-state index contributed by atoms with van der Waals surface area (Å²) in [7, 11) is 0. The van der Waals surface area contributed by atoms with Crippen LogP contribution in [0.1, 0.15) is 37.0 Å². The standard InChI is InChI=1S/C9H19NO2.C6H4Cl2N2O2S/c1-9(2,11)7-10-8-3-5-12-6-4-8;1-13-6-9-3(7)2(5(11)12)4(8)10-6/h8,10-11H,3-7H2,1-2H3;1H3,(H,11,12). The SMILES string of the molecule is CC(C)(O)CNC1CCOCC1.CSc1nc(Cl)c(C(=O)O)c(Cl)n1. The smallest absolute Gasteiger partial charge is 0.342 e. The first-order chi connectivity index (χ1) is 11.6. The molecule has 0 aromatic carbocycles. The largest absolute Gasteiger partial charge is 0.477 e. The lowest BCUT2D eigenvalue weighted by atomic mass is 10.1. The van der Waals surface area contributed by atoms with E-state index in [1.165, 1.54) is 11.8 Å². The monoisotopic (exact) mass is 411 g/mol. The molecule has 1 aliphatic heterocycles. The number of aliphatic hydroxyl groups is 1. The van der Waals surface area contributed by atoms with Gasteiger partial charge in [-0.05, 0) is 32.9 Å². The summed E-state index contributed by atoms with van der Waals surface area (Å²) in [5.41, 5.74) is -0.862. The number of hydrogen-bond donors (Lipinski definition) is 3. The van der Waals surface area contributed by atoms with Crippen LogP contribution in [0.25, 0.3) is 0 Å². The van der Waals surface area contributed by atoms with E-state index in [1.54, 1.807) is 6.26 Å². The van der Waals surface area contributed by atoms with Gasteiger partial charge >= 0.3 is 5.97 Å². The number of nitrogens with one attached hydrogen (secondary N) is 1. The van der Waals surface area contributed by atoms with Gasteiger partial charge < -0.3 is 20.3 Å². The first kappa shape index (κ1) is 22.4. The fourth-order valence-corrected chi connectivity index (χ4v) is 2.97. The molecule has 0 spiro atoms. The van der Waals surface area contributed by atoms with Crippen molar-refractivity contribution in [3.63, 3.8) is 0 Å². The minimum atomic E-state index is -1.23. The summed E-state index contributed by atoms with van der Waals surface area (Å²) < 4.78 is 5.23. The zero-order valence-electron chi connectivity index (χ0n) is 14.4. The number of nitrogens with zero attached hydrogens (tertiary/aromatic N) is 2. The van der Waals surface area contributed by atoms with Crippen LogP contribution in [0.2, 0.25) is 10.3 Å². The molecule has 1 fully saturated rings. The topological polar surface area (TPSA) is 105 Å². The second kappa shape index (κ2) is 10.5. The van der Waals surface area contributed by atoms with Crippen LogP contribution in [0.5, 0.6) is 0 Å². The molecule has 1 aliphatic rings. The van der Waals surface area contributed by atoms with E-state index < -0.39 is 11.6 Å². The number of thioether (sulfide) groups is 1. The number of rotatable bonds is 5. The number of carbonyl (C=O) groups is 1. The quantitative estimate of drug-likeness (QED) is 0.385. The summed E-state index contributed by atoms with van der Waals surface area (Å²) in [4.78, 5) is 18.0. The molecular weight excluding hydrogens is 389 g/mol. The van der Waals surface area contributed by atoms with Gasteiger partial charge in [-0.15, -0.1) is 0 Å². The third-order valence-electron chi connectivity index (χ3n) is 3.24. The summed E-state index contributed by atoms with van der Waals surface area (Å²) in [5.74, 6) is -1.23. The Balaban J connectivity index is 0.000000251. The van der Waals surface area contributed by atoms with Gasteiger partial charge in [0.15, 0.2) is 5.16 Å². The Hall–Kier alpha value is -0.640. The number of carboxylic acids is 1. The van der Waals surface area contributed by atoms with Gasteiger partial charge in [0.1, 0.15) is 15.9 Å². The lowest BCUT2D eigenvalue weighted by Gasteiger charge is -2.26. The van der Waals surface area contributed by atoms with Gasteiger partial charge in [0.2, 0.25) is 0 Å². The first-order valence-corrected chi connectivity index (χ1v) is 9.66. The van der Waals surface area contributed by atoms with Gasteiger partial charge in [-0.2, -0.15) is 0 Å². The van der Waals surface area contributed by atoms with Gasteiger partial charge in [0, 0.05) is 25.8 Å². The summed E-state index contributed by atoms with van der Waals surface area (Å²) in [6.45, 7) is 6.00. The number of halogens is 2. The fourth-order valence-electron chi connectivity index (χ4n) is 1.95. The van der Waals surface area contributed by atoms with Crippen LogP contribution in [-0.4, -0.2) is 63.8 Å². The van der Waals surface area contributed by atoms with Crippen molar-refractivity contribution < 1.29 is 19.7 Å². The van der Waals surface area contributed by atoms with Gasteiger partial charge in [-0.3, -0.25) is 0 Å². The predicted octanol–water partition coefficient (Wildman–Crippen LogP) is 2.73. The molecule has 0 unspecified atom stereocenters. The van der Waals surface area contributed by atoms with Crippen molar-refractivity contribution in [1.29, 1.82) is 0 Å². The van der Waals surface area contributed by atoms with Gasteiger partial charge in [0.05, 0.1) is 5.60 Å². The number of carboxylic acid groups (broad SMARTS) is 1. The van der Waals surface area contributed by atoms with E-state index in [4.69, 9.17) is 33.0 Å². The van der Waals surface area contributed by atoms with E-state index in [1.807, 2.05) is 13.8 Å². The Morgan fingerprint density at radius 2 is 1.84 bits per heavy atom. The average molecular weight is 412 g/mol. The molecule has 1 aromatic rings. The Kier molecular flexibility index (Phi) is 9.40. The second-order valence-electron chi connectivity index (χ2n) is 6.05. The van der Waals surface area contributed by atoms with Gasteiger partial charge in [-0.1, -0.05) is 35.0 Å². The molecule has 0 amide bonds. The molecule has 7 nitrogen and oxygen atoms in total. The second-order valence-corrected chi connectivity index (χ2v) is 7.54. The fraction of sp³-hybridized carbons (Fsp3) is 0.667. The highest BCUT2D eigenvalue weighted by molar-refractivity contribution is 7.98. The normalized spacial score (nSPS) is 15.4. The van der Waals surface area contributed by atoms with E-state index in [-0.39, 0.29) is 15.9 Å². The molecule has 1 saturated heterocycles. The van der Waals surface area contributed by atoms with E-state index in [0.717, 1.165) is 26.1 Å². The molecular formula is C15H23Cl2N3O4S. The lowest BCUT2D eigenvalue weighted by molar-refractivity contribution is 0.0520. The Morgan fingerprint density at radius 1 is 1.32 bits per heavy atom. The van der Waals surface area contributed by atoms with Crippen molar-refractivity contribution >= 4 is 40.9 Å². The van der Waals surface area contributed by atoms with E-state index in [0.29, 0.717) is 17.7 Å². The van der Waals surface area contributed by atoms with Crippen molar-refractivity contribution in [3.05, 3.63) is 15.9 Å². The summed E-state index contributed by atoms with van der Waals surface area (Å²) in [6.07, 6.45) is 3.87. The van der Waals surface area contributed by atoms with Crippen LogP contribution < -0.4 is 5.32 Å².